The molecule has 1 aromatic heterocycles. The Morgan fingerprint density at radius 2 is 1.29 bits per heavy atom. The Kier molecular flexibility index (Phi) is 4.16. The molecule has 0 aliphatic rings. The van der Waals surface area contributed by atoms with E-state index in [1.54, 1.807) is 0 Å². The van der Waals surface area contributed by atoms with Crippen molar-refractivity contribution in [2.75, 3.05) is 0 Å². The van der Waals surface area contributed by atoms with E-state index in [4.69, 9.17) is 0 Å². The fourth-order valence-corrected chi connectivity index (χ4v) is 2.19. The van der Waals surface area contributed by atoms with Crippen molar-refractivity contribution >= 4 is 0 Å². The predicted molar refractivity (Wildman–Crippen MR) is 64.2 cm³/mol. The zero-order valence-electron chi connectivity index (χ0n) is 11.4. The maximum atomic E-state index is 14.0. The van der Waals surface area contributed by atoms with Gasteiger partial charge in [0.05, 0.1) is 11.8 Å². The molecular formula is C14H8F8O2. The summed E-state index contributed by atoms with van der Waals surface area (Å²) in [7, 11) is 0. The molecule has 0 radical (unpaired) electrons. The summed E-state index contributed by atoms with van der Waals surface area (Å²) in [4.78, 5) is 0. The molecule has 1 N–H and O–H groups in total. The quantitative estimate of drug-likeness (QED) is 0.803. The van der Waals surface area contributed by atoms with Crippen molar-refractivity contribution in [3.05, 3.63) is 59.5 Å². The molecule has 1 atom stereocenters. The van der Waals surface area contributed by atoms with Crippen molar-refractivity contribution < 1.29 is 44.6 Å². The van der Waals surface area contributed by atoms with E-state index in [0.29, 0.717) is 18.4 Å². The lowest BCUT2D eigenvalue weighted by Gasteiger charge is -2.36. The van der Waals surface area contributed by atoms with E-state index in [1.807, 2.05) is 0 Å². The van der Waals surface area contributed by atoms with E-state index in [9.17, 15) is 40.2 Å². The summed E-state index contributed by atoms with van der Waals surface area (Å²) >= 11 is 0. The van der Waals surface area contributed by atoms with Crippen molar-refractivity contribution in [3.63, 3.8) is 0 Å². The number of benzene rings is 1. The van der Waals surface area contributed by atoms with E-state index in [0.717, 1.165) is 18.2 Å². The van der Waals surface area contributed by atoms with Gasteiger partial charge in [-0.05, 0) is 18.2 Å². The van der Waals surface area contributed by atoms with Gasteiger partial charge in [0.2, 0.25) is 5.60 Å². The third-order valence-corrected chi connectivity index (χ3v) is 3.31. The van der Waals surface area contributed by atoms with Gasteiger partial charge in [0.25, 0.3) is 0 Å². The maximum Gasteiger partial charge on any atom is 0.457 e. The van der Waals surface area contributed by atoms with Gasteiger partial charge in [0, 0.05) is 5.56 Å². The SMILES string of the molecule is OC(c1ccco1)(c1ccccc1C(F)(F)F)C(F)(F)C(F)(F)F. The van der Waals surface area contributed by atoms with Crippen LogP contribution in [0.25, 0.3) is 0 Å². The van der Waals surface area contributed by atoms with Crippen LogP contribution in [0.4, 0.5) is 35.1 Å². The van der Waals surface area contributed by atoms with Crippen LogP contribution >= 0.6 is 0 Å². The highest BCUT2D eigenvalue weighted by atomic mass is 19.4. The van der Waals surface area contributed by atoms with Gasteiger partial charge in [-0.3, -0.25) is 0 Å². The Morgan fingerprint density at radius 3 is 1.71 bits per heavy atom. The van der Waals surface area contributed by atoms with Crippen LogP contribution in [0.5, 0.6) is 0 Å². The highest BCUT2D eigenvalue weighted by Crippen LogP contribution is 2.53. The summed E-state index contributed by atoms with van der Waals surface area (Å²) < 4.78 is 110. The predicted octanol–water partition coefficient (Wildman–Crippen LogP) is 4.73. The standard InChI is InChI=1S/C14H8F8O2/c15-12(16,17)9-5-2-1-4-8(9)11(23,10-6-3-7-24-10)13(18,19)14(20,21)22/h1-7,23H. The molecule has 1 aromatic carbocycles. The molecule has 1 heterocycles. The summed E-state index contributed by atoms with van der Waals surface area (Å²) in [5.41, 5.74) is -7.91. The first kappa shape index (κ1) is 18.2. The summed E-state index contributed by atoms with van der Waals surface area (Å²) in [5, 5.41) is 10.2. The van der Waals surface area contributed by atoms with Crippen molar-refractivity contribution in [1.82, 2.24) is 0 Å². The van der Waals surface area contributed by atoms with Gasteiger partial charge in [-0.25, -0.2) is 0 Å². The van der Waals surface area contributed by atoms with E-state index >= 15 is 0 Å². The Bertz CT molecular complexity index is 702. The average molecular weight is 360 g/mol. The number of alkyl halides is 8. The van der Waals surface area contributed by atoms with Crippen LogP contribution in [0.2, 0.25) is 0 Å². The lowest BCUT2D eigenvalue weighted by atomic mass is 9.81. The highest BCUT2D eigenvalue weighted by Gasteiger charge is 2.73. The largest absolute Gasteiger partial charge is 0.466 e. The zero-order valence-corrected chi connectivity index (χ0v) is 11.4. The molecule has 0 bridgehead atoms. The minimum atomic E-state index is -6.34. The van der Waals surface area contributed by atoms with E-state index in [-0.39, 0.29) is 6.07 Å². The number of aliphatic hydroxyl groups is 1. The van der Waals surface area contributed by atoms with Crippen LogP contribution in [-0.2, 0) is 11.8 Å². The van der Waals surface area contributed by atoms with Crippen molar-refractivity contribution in [2.24, 2.45) is 0 Å². The monoisotopic (exact) mass is 360 g/mol. The Morgan fingerprint density at radius 1 is 0.750 bits per heavy atom. The van der Waals surface area contributed by atoms with Gasteiger partial charge in [-0.2, -0.15) is 35.1 Å². The van der Waals surface area contributed by atoms with Crippen molar-refractivity contribution in [3.8, 4) is 0 Å². The maximum absolute atomic E-state index is 14.0. The van der Waals surface area contributed by atoms with Gasteiger partial charge in [-0.15, -0.1) is 0 Å². The van der Waals surface area contributed by atoms with Crippen molar-refractivity contribution in [2.45, 2.75) is 23.9 Å². The van der Waals surface area contributed by atoms with Crippen LogP contribution in [0.3, 0.4) is 0 Å². The number of hydrogen-bond acceptors (Lipinski definition) is 2. The van der Waals surface area contributed by atoms with Gasteiger partial charge in [-0.1, -0.05) is 18.2 Å². The van der Waals surface area contributed by atoms with Gasteiger partial charge in [0.15, 0.2) is 0 Å². The molecule has 0 aliphatic carbocycles. The van der Waals surface area contributed by atoms with Crippen LogP contribution in [-0.4, -0.2) is 17.2 Å². The van der Waals surface area contributed by atoms with E-state index in [1.165, 1.54) is 0 Å². The summed E-state index contributed by atoms with van der Waals surface area (Å²) in [6, 6.07) is 3.61. The Hall–Kier alpha value is -2.10. The molecule has 0 aliphatic heterocycles. The second-order valence-corrected chi connectivity index (χ2v) is 4.80. The first-order valence-corrected chi connectivity index (χ1v) is 6.21. The molecule has 2 nitrogen and oxygen atoms in total. The van der Waals surface area contributed by atoms with Gasteiger partial charge < -0.3 is 9.52 Å². The summed E-state index contributed by atoms with van der Waals surface area (Å²) in [6.07, 6.45) is -11.0. The van der Waals surface area contributed by atoms with Gasteiger partial charge >= 0.3 is 18.3 Å². The summed E-state index contributed by atoms with van der Waals surface area (Å²) in [6.45, 7) is 0. The molecule has 0 spiro atoms. The van der Waals surface area contributed by atoms with E-state index < -0.39 is 40.8 Å². The highest BCUT2D eigenvalue weighted by molar-refractivity contribution is 5.42. The lowest BCUT2D eigenvalue weighted by Crippen LogP contribution is -2.56. The third-order valence-electron chi connectivity index (χ3n) is 3.31. The van der Waals surface area contributed by atoms with Crippen LogP contribution < -0.4 is 0 Å². The molecule has 0 saturated carbocycles. The van der Waals surface area contributed by atoms with Gasteiger partial charge in [0.1, 0.15) is 5.76 Å². The molecule has 0 fully saturated rings. The molecule has 10 heteroatoms. The molecule has 24 heavy (non-hydrogen) atoms. The third kappa shape index (κ3) is 2.64. The second-order valence-electron chi connectivity index (χ2n) is 4.80. The molecule has 0 amide bonds. The number of furan rings is 1. The zero-order chi connectivity index (χ0) is 18.4. The van der Waals surface area contributed by atoms with Crippen LogP contribution in [0.1, 0.15) is 16.9 Å². The van der Waals surface area contributed by atoms with Crippen LogP contribution in [0, 0.1) is 0 Å². The molecule has 2 rings (SSSR count). The topological polar surface area (TPSA) is 33.4 Å². The lowest BCUT2D eigenvalue weighted by molar-refractivity contribution is -0.340. The Balaban J connectivity index is 2.86. The smallest absolute Gasteiger partial charge is 0.457 e. The van der Waals surface area contributed by atoms with Crippen molar-refractivity contribution in [1.29, 1.82) is 0 Å². The molecule has 0 saturated heterocycles. The molecule has 2 aromatic rings. The Labute approximate surface area is 129 Å². The fraction of sp³-hybridized carbons (Fsp3) is 0.286. The minimum absolute atomic E-state index is 0.287. The molecule has 1 unspecified atom stereocenters. The first-order valence-electron chi connectivity index (χ1n) is 6.21. The number of halogens is 8. The number of rotatable bonds is 3. The molecular weight excluding hydrogens is 352 g/mol. The minimum Gasteiger partial charge on any atom is -0.466 e. The van der Waals surface area contributed by atoms with E-state index in [2.05, 4.69) is 4.42 Å². The first-order chi connectivity index (χ1) is 10.8. The molecule has 132 valence electrons. The van der Waals surface area contributed by atoms with Crippen LogP contribution in [0.15, 0.2) is 47.1 Å². The average Bonchev–Trinajstić information content (AvgIpc) is 2.98. The summed E-state index contributed by atoms with van der Waals surface area (Å²) in [5.74, 6) is -7.33. The second kappa shape index (κ2) is 5.47. The fourth-order valence-electron chi connectivity index (χ4n) is 2.19. The normalized spacial score (nSPS) is 16.0. The number of hydrogen-bond donors (Lipinski definition) is 1.